The summed E-state index contributed by atoms with van der Waals surface area (Å²) in [6.45, 7) is 3.87. The molecular formula is C22H30BrNO2. The Balaban J connectivity index is 2.30. The van der Waals surface area contributed by atoms with E-state index in [1.807, 2.05) is 42.5 Å². The fourth-order valence-electron chi connectivity index (χ4n) is 3.50. The molecule has 0 saturated heterocycles. The first-order chi connectivity index (χ1) is 12.6. The fraction of sp³-hybridized carbons (Fsp3) is 0.455. The Morgan fingerprint density at radius 1 is 1.04 bits per heavy atom. The van der Waals surface area contributed by atoms with Crippen LogP contribution in [-0.2, 0) is 5.60 Å². The average Bonchev–Trinajstić information content (AvgIpc) is 2.66. The van der Waals surface area contributed by atoms with Crippen LogP contribution in [0.2, 0.25) is 0 Å². The third-order valence-corrected chi connectivity index (χ3v) is 5.39. The number of benzene rings is 2. The van der Waals surface area contributed by atoms with Crippen molar-refractivity contribution in [3.8, 4) is 0 Å². The van der Waals surface area contributed by atoms with E-state index in [1.165, 1.54) is 0 Å². The zero-order chi connectivity index (χ0) is 18.8. The van der Waals surface area contributed by atoms with Crippen LogP contribution in [0, 0.1) is 0 Å². The van der Waals surface area contributed by atoms with Crippen molar-refractivity contribution in [2.45, 2.75) is 44.1 Å². The Morgan fingerprint density at radius 2 is 1.73 bits per heavy atom. The molecule has 0 heterocycles. The first-order valence-corrected chi connectivity index (χ1v) is 10.3. The first kappa shape index (κ1) is 21.1. The van der Waals surface area contributed by atoms with Gasteiger partial charge in [0.1, 0.15) is 0 Å². The average molecular weight is 420 g/mol. The van der Waals surface area contributed by atoms with Crippen molar-refractivity contribution < 1.29 is 10.2 Å². The lowest BCUT2D eigenvalue weighted by Crippen LogP contribution is -2.39. The van der Waals surface area contributed by atoms with Gasteiger partial charge in [-0.3, -0.25) is 0 Å². The summed E-state index contributed by atoms with van der Waals surface area (Å²) < 4.78 is 1.01. The summed E-state index contributed by atoms with van der Waals surface area (Å²) in [7, 11) is 0. The maximum Gasteiger partial charge on any atom is 0.0976 e. The molecule has 2 aromatic rings. The van der Waals surface area contributed by atoms with Crippen LogP contribution in [0.15, 0.2) is 59.1 Å². The van der Waals surface area contributed by atoms with Gasteiger partial charge in [-0.2, -0.15) is 0 Å². The highest BCUT2D eigenvalue weighted by Gasteiger charge is 2.38. The quantitative estimate of drug-likeness (QED) is 0.467. The van der Waals surface area contributed by atoms with E-state index in [9.17, 15) is 5.11 Å². The van der Waals surface area contributed by atoms with Crippen LogP contribution >= 0.6 is 15.9 Å². The van der Waals surface area contributed by atoms with E-state index < -0.39 is 5.60 Å². The van der Waals surface area contributed by atoms with Gasteiger partial charge in [-0.15, -0.1) is 0 Å². The van der Waals surface area contributed by atoms with E-state index in [1.54, 1.807) is 0 Å². The van der Waals surface area contributed by atoms with Crippen molar-refractivity contribution in [1.29, 1.82) is 0 Å². The normalized spacial score (nSPS) is 14.8. The number of halogens is 1. The SMILES string of the molecule is CCC[C@](O)(c1ccc(Br)cc1)[C@@H](CNCCCCO)c1ccccc1. The Hall–Kier alpha value is -1.20. The van der Waals surface area contributed by atoms with E-state index in [-0.39, 0.29) is 12.5 Å². The van der Waals surface area contributed by atoms with Gasteiger partial charge in [0.2, 0.25) is 0 Å². The van der Waals surface area contributed by atoms with E-state index in [0.717, 1.165) is 41.4 Å². The molecule has 0 spiro atoms. The Labute approximate surface area is 165 Å². The molecule has 0 amide bonds. The van der Waals surface area contributed by atoms with Gasteiger partial charge in [-0.1, -0.05) is 71.7 Å². The summed E-state index contributed by atoms with van der Waals surface area (Å²) in [6.07, 6.45) is 3.34. The van der Waals surface area contributed by atoms with Crippen LogP contribution < -0.4 is 5.32 Å². The third-order valence-electron chi connectivity index (χ3n) is 4.86. The van der Waals surface area contributed by atoms with Crippen molar-refractivity contribution >= 4 is 15.9 Å². The number of hydrogen-bond acceptors (Lipinski definition) is 3. The summed E-state index contributed by atoms with van der Waals surface area (Å²) in [5, 5.41) is 24.2. The first-order valence-electron chi connectivity index (χ1n) is 9.46. The van der Waals surface area contributed by atoms with Crippen LogP contribution in [0.5, 0.6) is 0 Å². The summed E-state index contributed by atoms with van der Waals surface area (Å²) in [4.78, 5) is 0. The van der Waals surface area contributed by atoms with Gasteiger partial charge < -0.3 is 15.5 Å². The van der Waals surface area contributed by atoms with Gasteiger partial charge in [0.25, 0.3) is 0 Å². The van der Waals surface area contributed by atoms with Gasteiger partial charge in [0.15, 0.2) is 0 Å². The summed E-state index contributed by atoms with van der Waals surface area (Å²) in [5.74, 6) is -0.0426. The number of nitrogens with one attached hydrogen (secondary N) is 1. The van der Waals surface area contributed by atoms with Crippen molar-refractivity contribution in [3.05, 3.63) is 70.2 Å². The molecule has 2 atom stereocenters. The second-order valence-corrected chi connectivity index (χ2v) is 7.69. The summed E-state index contributed by atoms with van der Waals surface area (Å²) in [5.41, 5.74) is 1.16. The molecule has 4 heteroatoms. The predicted molar refractivity (Wildman–Crippen MR) is 111 cm³/mol. The van der Waals surface area contributed by atoms with E-state index in [2.05, 4.69) is 40.3 Å². The molecule has 3 N–H and O–H groups in total. The number of rotatable bonds is 11. The monoisotopic (exact) mass is 419 g/mol. The Bertz CT molecular complexity index is 632. The van der Waals surface area contributed by atoms with Crippen LogP contribution in [0.25, 0.3) is 0 Å². The zero-order valence-electron chi connectivity index (χ0n) is 15.5. The van der Waals surface area contributed by atoms with E-state index >= 15 is 0 Å². The maximum atomic E-state index is 11.8. The van der Waals surface area contributed by atoms with E-state index in [0.29, 0.717) is 13.0 Å². The lowest BCUT2D eigenvalue weighted by atomic mass is 9.74. The second kappa shape index (κ2) is 10.8. The largest absolute Gasteiger partial charge is 0.396 e. The molecule has 0 aliphatic rings. The molecule has 142 valence electrons. The predicted octanol–water partition coefficient (Wildman–Crippen LogP) is 4.58. The smallest absolute Gasteiger partial charge is 0.0976 e. The van der Waals surface area contributed by atoms with Crippen LogP contribution in [0.4, 0.5) is 0 Å². The van der Waals surface area contributed by atoms with Crippen molar-refractivity contribution in [1.82, 2.24) is 5.32 Å². The molecular weight excluding hydrogens is 390 g/mol. The highest BCUT2D eigenvalue weighted by Crippen LogP contribution is 2.40. The highest BCUT2D eigenvalue weighted by molar-refractivity contribution is 9.10. The topological polar surface area (TPSA) is 52.5 Å². The molecule has 0 aliphatic carbocycles. The lowest BCUT2D eigenvalue weighted by molar-refractivity contribution is -0.00238. The molecule has 26 heavy (non-hydrogen) atoms. The van der Waals surface area contributed by atoms with Crippen molar-refractivity contribution in [3.63, 3.8) is 0 Å². The summed E-state index contributed by atoms with van der Waals surface area (Å²) >= 11 is 3.48. The zero-order valence-corrected chi connectivity index (χ0v) is 17.1. The second-order valence-electron chi connectivity index (χ2n) is 6.78. The minimum absolute atomic E-state index is 0.0426. The molecule has 2 rings (SSSR count). The van der Waals surface area contributed by atoms with Gasteiger partial charge in [0.05, 0.1) is 5.60 Å². The van der Waals surface area contributed by atoms with Gasteiger partial charge in [-0.25, -0.2) is 0 Å². The lowest BCUT2D eigenvalue weighted by Gasteiger charge is -2.37. The molecule has 3 nitrogen and oxygen atoms in total. The number of hydrogen-bond donors (Lipinski definition) is 3. The molecule has 0 bridgehead atoms. The summed E-state index contributed by atoms with van der Waals surface area (Å²) in [6, 6.07) is 18.3. The molecule has 0 aromatic heterocycles. The maximum absolute atomic E-state index is 11.8. The Kier molecular flexibility index (Phi) is 8.79. The molecule has 2 aromatic carbocycles. The van der Waals surface area contributed by atoms with Crippen LogP contribution in [0.3, 0.4) is 0 Å². The van der Waals surface area contributed by atoms with Crippen LogP contribution in [0.1, 0.15) is 49.7 Å². The fourth-order valence-corrected chi connectivity index (χ4v) is 3.76. The standard InChI is InChI=1S/C22H30BrNO2/c1-2-14-22(26,19-10-12-20(23)13-11-19)21(17-24-15-6-7-16-25)18-8-4-3-5-9-18/h3-5,8-13,21,24-26H,2,6-7,14-17H2,1H3/t21-,22-/m0/s1. The van der Waals surface area contributed by atoms with Gasteiger partial charge >= 0.3 is 0 Å². The van der Waals surface area contributed by atoms with Crippen molar-refractivity contribution in [2.24, 2.45) is 0 Å². The number of aliphatic hydroxyl groups excluding tert-OH is 1. The minimum atomic E-state index is -0.930. The van der Waals surface area contributed by atoms with Gasteiger partial charge in [0, 0.05) is 23.5 Å². The molecule has 0 radical (unpaired) electrons. The van der Waals surface area contributed by atoms with E-state index in [4.69, 9.17) is 5.11 Å². The number of unbranched alkanes of at least 4 members (excludes halogenated alkanes) is 1. The highest BCUT2D eigenvalue weighted by atomic mass is 79.9. The molecule has 0 fully saturated rings. The van der Waals surface area contributed by atoms with Crippen molar-refractivity contribution in [2.75, 3.05) is 19.7 Å². The van der Waals surface area contributed by atoms with Crippen LogP contribution in [-0.4, -0.2) is 29.9 Å². The van der Waals surface area contributed by atoms with Gasteiger partial charge in [-0.05, 0) is 49.1 Å². The third kappa shape index (κ3) is 5.65. The Morgan fingerprint density at radius 3 is 2.35 bits per heavy atom. The molecule has 0 saturated carbocycles. The number of aliphatic hydroxyl groups is 2. The minimum Gasteiger partial charge on any atom is -0.396 e. The molecule has 0 aliphatic heterocycles. The molecule has 0 unspecified atom stereocenters.